The molecule has 0 fully saturated rings. The number of carbonyl (C=O) groups is 1. The van der Waals surface area contributed by atoms with E-state index in [-0.39, 0.29) is 11.3 Å². The number of hydrogen-bond acceptors (Lipinski definition) is 2. The Morgan fingerprint density at radius 1 is 1.39 bits per heavy atom. The summed E-state index contributed by atoms with van der Waals surface area (Å²) in [5.41, 5.74) is 0.468. The van der Waals surface area contributed by atoms with E-state index in [1.807, 2.05) is 37.3 Å². The molecule has 0 aliphatic rings. The van der Waals surface area contributed by atoms with Crippen LogP contribution in [0.25, 0.3) is 10.8 Å². The van der Waals surface area contributed by atoms with Crippen molar-refractivity contribution in [2.45, 2.75) is 18.7 Å². The minimum atomic E-state index is -0.149. The van der Waals surface area contributed by atoms with Crippen LogP contribution in [0.1, 0.15) is 23.8 Å². The Morgan fingerprint density at radius 2 is 2.17 bits per heavy atom. The molecule has 1 heterocycles. The van der Waals surface area contributed by atoms with Crippen LogP contribution < -0.4 is 5.32 Å². The van der Waals surface area contributed by atoms with Gasteiger partial charge in [0.25, 0.3) is 5.91 Å². The van der Waals surface area contributed by atoms with Crippen LogP contribution in [0.4, 0.5) is 0 Å². The van der Waals surface area contributed by atoms with E-state index in [1.165, 1.54) is 0 Å². The molecule has 0 spiro atoms. The van der Waals surface area contributed by atoms with Gasteiger partial charge in [-0.3, -0.25) is 9.78 Å². The normalized spacial score (nSPS) is 12.3. The lowest BCUT2D eigenvalue weighted by atomic mass is 10.1. The molecular formula is C14H15ClN2O. The third-order valence-corrected chi connectivity index (χ3v) is 2.93. The Morgan fingerprint density at radius 3 is 2.94 bits per heavy atom. The standard InChI is InChI=1S/C14H15ClN2O/c1-10(15)6-8-17-14(18)13-12-5-3-2-4-11(12)7-9-16-13/h2-5,7,9-10H,6,8H2,1H3,(H,17,18). The number of benzene rings is 1. The van der Waals surface area contributed by atoms with Crippen molar-refractivity contribution in [3.63, 3.8) is 0 Å². The Hall–Kier alpha value is -1.61. The van der Waals surface area contributed by atoms with Gasteiger partial charge in [-0.1, -0.05) is 24.3 Å². The van der Waals surface area contributed by atoms with Crippen molar-refractivity contribution >= 4 is 28.3 Å². The summed E-state index contributed by atoms with van der Waals surface area (Å²) in [4.78, 5) is 16.2. The smallest absolute Gasteiger partial charge is 0.270 e. The van der Waals surface area contributed by atoms with E-state index in [1.54, 1.807) is 6.20 Å². The molecule has 0 aliphatic heterocycles. The molecule has 0 aliphatic carbocycles. The predicted octanol–water partition coefficient (Wildman–Crippen LogP) is 2.98. The first kappa shape index (κ1) is 12.8. The van der Waals surface area contributed by atoms with E-state index >= 15 is 0 Å². The first-order chi connectivity index (χ1) is 8.68. The number of nitrogens with zero attached hydrogens (tertiary/aromatic N) is 1. The van der Waals surface area contributed by atoms with Crippen molar-refractivity contribution in [2.75, 3.05) is 6.54 Å². The summed E-state index contributed by atoms with van der Waals surface area (Å²) in [5.74, 6) is -0.149. The van der Waals surface area contributed by atoms with E-state index in [9.17, 15) is 4.79 Å². The van der Waals surface area contributed by atoms with Gasteiger partial charge in [-0.25, -0.2) is 0 Å². The minimum absolute atomic E-state index is 0.0609. The van der Waals surface area contributed by atoms with Gasteiger partial charge in [-0.05, 0) is 24.8 Å². The van der Waals surface area contributed by atoms with Crippen LogP contribution in [0.5, 0.6) is 0 Å². The maximum absolute atomic E-state index is 12.0. The van der Waals surface area contributed by atoms with Crippen LogP contribution >= 0.6 is 11.6 Å². The van der Waals surface area contributed by atoms with Gasteiger partial charge in [0.1, 0.15) is 5.69 Å². The fourth-order valence-electron chi connectivity index (χ4n) is 1.77. The summed E-state index contributed by atoms with van der Waals surface area (Å²) >= 11 is 5.84. The lowest BCUT2D eigenvalue weighted by Gasteiger charge is -2.07. The molecule has 0 bridgehead atoms. The topological polar surface area (TPSA) is 42.0 Å². The molecule has 0 radical (unpaired) electrons. The zero-order chi connectivity index (χ0) is 13.0. The van der Waals surface area contributed by atoms with Crippen LogP contribution in [-0.4, -0.2) is 22.8 Å². The molecule has 0 saturated carbocycles. The second kappa shape index (κ2) is 5.83. The van der Waals surface area contributed by atoms with Gasteiger partial charge >= 0.3 is 0 Å². The average molecular weight is 263 g/mol. The lowest BCUT2D eigenvalue weighted by Crippen LogP contribution is -2.26. The van der Waals surface area contributed by atoms with Gasteiger partial charge in [0.05, 0.1) is 0 Å². The Balaban J connectivity index is 2.17. The molecule has 18 heavy (non-hydrogen) atoms. The van der Waals surface area contributed by atoms with Gasteiger partial charge in [-0.15, -0.1) is 11.6 Å². The number of hydrogen-bond donors (Lipinski definition) is 1. The van der Waals surface area contributed by atoms with E-state index in [0.29, 0.717) is 12.2 Å². The van der Waals surface area contributed by atoms with Crippen LogP contribution in [0.2, 0.25) is 0 Å². The molecule has 1 unspecified atom stereocenters. The number of alkyl halides is 1. The van der Waals surface area contributed by atoms with Crippen LogP contribution in [0, 0.1) is 0 Å². The van der Waals surface area contributed by atoms with E-state index in [0.717, 1.165) is 17.2 Å². The number of rotatable bonds is 4. The SMILES string of the molecule is CC(Cl)CCNC(=O)c1nccc2ccccc12. The predicted molar refractivity (Wildman–Crippen MR) is 74.0 cm³/mol. The fourth-order valence-corrected chi connectivity index (χ4v) is 1.88. The monoisotopic (exact) mass is 262 g/mol. The summed E-state index contributed by atoms with van der Waals surface area (Å²) in [7, 11) is 0. The van der Waals surface area contributed by atoms with E-state index in [2.05, 4.69) is 10.3 Å². The molecule has 4 heteroatoms. The largest absolute Gasteiger partial charge is 0.351 e. The Labute approximate surface area is 111 Å². The number of nitrogens with one attached hydrogen (secondary N) is 1. The third-order valence-electron chi connectivity index (χ3n) is 2.72. The van der Waals surface area contributed by atoms with Crippen LogP contribution in [-0.2, 0) is 0 Å². The number of amides is 1. The number of carbonyl (C=O) groups excluding carboxylic acids is 1. The minimum Gasteiger partial charge on any atom is -0.351 e. The van der Waals surface area contributed by atoms with Crippen molar-refractivity contribution in [3.8, 4) is 0 Å². The second-order valence-corrected chi connectivity index (χ2v) is 4.95. The first-order valence-electron chi connectivity index (χ1n) is 5.94. The number of fused-ring (bicyclic) bond motifs is 1. The molecule has 1 aromatic heterocycles. The molecule has 1 atom stereocenters. The zero-order valence-electron chi connectivity index (χ0n) is 10.2. The zero-order valence-corrected chi connectivity index (χ0v) is 10.9. The molecule has 1 amide bonds. The second-order valence-electron chi connectivity index (χ2n) is 4.21. The van der Waals surface area contributed by atoms with Crippen molar-refractivity contribution in [1.82, 2.24) is 10.3 Å². The van der Waals surface area contributed by atoms with Crippen molar-refractivity contribution in [2.24, 2.45) is 0 Å². The molecule has 0 saturated heterocycles. The van der Waals surface area contributed by atoms with Gasteiger partial charge in [0.2, 0.25) is 0 Å². The maximum atomic E-state index is 12.0. The summed E-state index contributed by atoms with van der Waals surface area (Å²) < 4.78 is 0. The highest BCUT2D eigenvalue weighted by Crippen LogP contribution is 2.16. The Bertz CT molecular complexity index is 549. The molecule has 3 nitrogen and oxygen atoms in total. The summed E-state index contributed by atoms with van der Waals surface area (Å²) in [5, 5.41) is 4.79. The average Bonchev–Trinajstić information content (AvgIpc) is 2.37. The van der Waals surface area contributed by atoms with Crippen LogP contribution in [0.15, 0.2) is 36.5 Å². The maximum Gasteiger partial charge on any atom is 0.270 e. The van der Waals surface area contributed by atoms with E-state index in [4.69, 9.17) is 11.6 Å². The summed E-state index contributed by atoms with van der Waals surface area (Å²) in [6, 6.07) is 9.61. The molecular weight excluding hydrogens is 248 g/mol. The van der Waals surface area contributed by atoms with Gasteiger partial charge in [0, 0.05) is 23.5 Å². The first-order valence-corrected chi connectivity index (χ1v) is 6.38. The lowest BCUT2D eigenvalue weighted by molar-refractivity contribution is 0.0950. The van der Waals surface area contributed by atoms with Crippen molar-refractivity contribution in [1.29, 1.82) is 0 Å². The van der Waals surface area contributed by atoms with Gasteiger partial charge in [0.15, 0.2) is 0 Å². The molecule has 1 N–H and O–H groups in total. The summed E-state index contributed by atoms with van der Waals surface area (Å²) in [6.07, 6.45) is 2.40. The highest BCUT2D eigenvalue weighted by Gasteiger charge is 2.10. The van der Waals surface area contributed by atoms with Gasteiger partial charge in [-0.2, -0.15) is 0 Å². The summed E-state index contributed by atoms with van der Waals surface area (Å²) in [6.45, 7) is 2.47. The third kappa shape index (κ3) is 2.99. The molecule has 1 aromatic carbocycles. The highest BCUT2D eigenvalue weighted by molar-refractivity contribution is 6.20. The highest BCUT2D eigenvalue weighted by atomic mass is 35.5. The quantitative estimate of drug-likeness (QED) is 0.861. The van der Waals surface area contributed by atoms with Crippen LogP contribution in [0.3, 0.4) is 0 Å². The van der Waals surface area contributed by atoms with E-state index < -0.39 is 0 Å². The fraction of sp³-hybridized carbons (Fsp3) is 0.286. The molecule has 94 valence electrons. The van der Waals surface area contributed by atoms with Crippen molar-refractivity contribution in [3.05, 3.63) is 42.2 Å². The Kier molecular flexibility index (Phi) is 4.15. The molecule has 2 aromatic rings. The van der Waals surface area contributed by atoms with Crippen molar-refractivity contribution < 1.29 is 4.79 Å². The number of aromatic nitrogens is 1. The molecule has 2 rings (SSSR count). The number of halogens is 1. The number of pyridine rings is 1. The van der Waals surface area contributed by atoms with Gasteiger partial charge < -0.3 is 5.32 Å².